The van der Waals surface area contributed by atoms with Crippen molar-refractivity contribution in [2.75, 3.05) is 13.1 Å². The van der Waals surface area contributed by atoms with Gasteiger partial charge < -0.3 is 11.1 Å². The van der Waals surface area contributed by atoms with Crippen LogP contribution in [-0.4, -0.2) is 28.9 Å². The third kappa shape index (κ3) is 4.30. The molecule has 7 heteroatoms. The lowest BCUT2D eigenvalue weighted by atomic mass is 9.87. The predicted molar refractivity (Wildman–Crippen MR) is 98.1 cm³/mol. The highest BCUT2D eigenvalue weighted by atomic mass is 19.4. The summed E-state index contributed by atoms with van der Waals surface area (Å²) in [6.45, 7) is 4.54. The number of alkyl halides is 3. The minimum atomic E-state index is -4.39. The number of halogens is 3. The first-order chi connectivity index (χ1) is 12.3. The number of carbonyl (C=O) groups excluding carboxylic acids is 1. The highest BCUT2D eigenvalue weighted by Crippen LogP contribution is 2.38. The van der Waals surface area contributed by atoms with Crippen molar-refractivity contribution in [3.05, 3.63) is 64.5 Å². The molecule has 1 aliphatic rings. The minimum absolute atomic E-state index is 0. The Morgan fingerprint density at radius 1 is 1.19 bits per heavy atom. The van der Waals surface area contributed by atoms with Crippen molar-refractivity contribution in [2.45, 2.75) is 38.8 Å². The van der Waals surface area contributed by atoms with Crippen molar-refractivity contribution < 1.29 is 18.0 Å². The second-order valence-electron chi connectivity index (χ2n) is 6.74. The number of nitrogens with zero attached hydrogens (tertiary/aromatic N) is 2. The number of hydrogen-bond donors (Lipinski definition) is 1. The van der Waals surface area contributed by atoms with Gasteiger partial charge in [-0.3, -0.25) is 9.78 Å². The number of rotatable bonds is 2. The van der Waals surface area contributed by atoms with Gasteiger partial charge in [0.15, 0.2) is 0 Å². The van der Waals surface area contributed by atoms with Crippen LogP contribution in [0.1, 0.15) is 51.5 Å². The van der Waals surface area contributed by atoms with Gasteiger partial charge in [0.1, 0.15) is 0 Å². The third-order valence-electron chi connectivity index (χ3n) is 5.10. The number of likely N-dealkylation sites (tertiary alicyclic amines) is 1. The third-order valence-corrected chi connectivity index (χ3v) is 5.10. The average Bonchev–Trinajstić information content (AvgIpc) is 2.63. The largest absolute Gasteiger partial charge is 0.416 e. The molecule has 146 valence electrons. The van der Waals surface area contributed by atoms with Gasteiger partial charge in [0.25, 0.3) is 5.91 Å². The average molecular weight is 379 g/mol. The Balaban J connectivity index is 0.00000261. The van der Waals surface area contributed by atoms with Crippen LogP contribution < -0.4 is 6.15 Å². The molecule has 1 aliphatic heterocycles. The van der Waals surface area contributed by atoms with E-state index in [0.29, 0.717) is 31.5 Å². The van der Waals surface area contributed by atoms with E-state index in [1.54, 1.807) is 23.2 Å². The smallest absolute Gasteiger partial charge is 0.344 e. The standard InChI is InChI=1S/C20H21F3N2O.H3N/c1-13-14(2)24-10-9-16(13)19(26)25-11-5-6-15(12-25)17-7-3-4-8-18(17)20(21,22)23;/h3-4,7-10,15H,5-6,11-12H2,1-2H3;1H3. The van der Waals surface area contributed by atoms with Crippen LogP contribution >= 0.6 is 0 Å². The topological polar surface area (TPSA) is 68.2 Å². The van der Waals surface area contributed by atoms with Crippen LogP contribution in [-0.2, 0) is 6.18 Å². The lowest BCUT2D eigenvalue weighted by Crippen LogP contribution is -2.39. The van der Waals surface area contributed by atoms with E-state index in [4.69, 9.17) is 0 Å². The molecule has 0 bridgehead atoms. The number of aromatic nitrogens is 1. The Morgan fingerprint density at radius 3 is 2.59 bits per heavy atom. The molecule has 1 aromatic heterocycles. The molecule has 27 heavy (non-hydrogen) atoms. The molecule has 0 aliphatic carbocycles. The maximum atomic E-state index is 13.3. The van der Waals surface area contributed by atoms with Crippen molar-refractivity contribution in [3.8, 4) is 0 Å². The van der Waals surface area contributed by atoms with Crippen molar-refractivity contribution in [3.63, 3.8) is 0 Å². The van der Waals surface area contributed by atoms with Crippen molar-refractivity contribution in [1.82, 2.24) is 16.0 Å². The van der Waals surface area contributed by atoms with Gasteiger partial charge in [-0.15, -0.1) is 0 Å². The van der Waals surface area contributed by atoms with Crippen LogP contribution in [0.3, 0.4) is 0 Å². The first kappa shape index (κ1) is 20.9. The first-order valence-electron chi connectivity index (χ1n) is 8.66. The molecule has 0 spiro atoms. The molecule has 1 atom stereocenters. The molecule has 0 saturated carbocycles. The lowest BCUT2D eigenvalue weighted by molar-refractivity contribution is -0.138. The summed E-state index contributed by atoms with van der Waals surface area (Å²) in [5.41, 5.74) is 1.85. The number of amides is 1. The Kier molecular flexibility index (Phi) is 6.26. The summed E-state index contributed by atoms with van der Waals surface area (Å²) in [6, 6.07) is 7.36. The van der Waals surface area contributed by atoms with E-state index in [9.17, 15) is 18.0 Å². The fraction of sp³-hybridized carbons (Fsp3) is 0.400. The van der Waals surface area contributed by atoms with E-state index in [2.05, 4.69) is 4.98 Å². The summed E-state index contributed by atoms with van der Waals surface area (Å²) >= 11 is 0. The second-order valence-corrected chi connectivity index (χ2v) is 6.74. The second kappa shape index (κ2) is 8.08. The van der Waals surface area contributed by atoms with Crippen LogP contribution in [0, 0.1) is 13.8 Å². The van der Waals surface area contributed by atoms with Crippen molar-refractivity contribution in [1.29, 1.82) is 0 Å². The summed E-state index contributed by atoms with van der Waals surface area (Å²) in [7, 11) is 0. The zero-order chi connectivity index (χ0) is 18.9. The predicted octanol–water partition coefficient (Wildman–Crippen LogP) is 4.90. The van der Waals surface area contributed by atoms with Crippen molar-refractivity contribution >= 4 is 5.91 Å². The molecule has 1 fully saturated rings. The number of hydrogen-bond acceptors (Lipinski definition) is 3. The van der Waals surface area contributed by atoms with E-state index < -0.39 is 11.7 Å². The van der Waals surface area contributed by atoms with Crippen LogP contribution in [0.5, 0.6) is 0 Å². The van der Waals surface area contributed by atoms with E-state index in [1.165, 1.54) is 12.1 Å². The molecular formula is C20H24F3N3O. The summed E-state index contributed by atoms with van der Waals surface area (Å²) in [5.74, 6) is -0.448. The van der Waals surface area contributed by atoms with Gasteiger partial charge in [0.2, 0.25) is 0 Å². The maximum Gasteiger partial charge on any atom is 0.416 e. The number of piperidine rings is 1. The van der Waals surface area contributed by atoms with Gasteiger partial charge in [-0.25, -0.2) is 0 Å². The molecule has 3 rings (SSSR count). The quantitative estimate of drug-likeness (QED) is 0.807. The Labute approximate surface area is 157 Å². The fourth-order valence-electron chi connectivity index (χ4n) is 3.57. The Bertz CT molecular complexity index is 820. The summed E-state index contributed by atoms with van der Waals surface area (Å²) in [6.07, 6.45) is -1.46. The molecule has 0 radical (unpaired) electrons. The first-order valence-corrected chi connectivity index (χ1v) is 8.66. The molecule has 1 saturated heterocycles. The van der Waals surface area contributed by atoms with Gasteiger partial charge >= 0.3 is 6.18 Å². The van der Waals surface area contributed by atoms with Gasteiger partial charge in [-0.1, -0.05) is 18.2 Å². The monoisotopic (exact) mass is 379 g/mol. The summed E-state index contributed by atoms with van der Waals surface area (Å²) in [5, 5.41) is 0. The number of benzene rings is 1. The van der Waals surface area contributed by atoms with Crippen LogP contribution in [0.25, 0.3) is 0 Å². The molecule has 1 amide bonds. The fourth-order valence-corrected chi connectivity index (χ4v) is 3.57. The van der Waals surface area contributed by atoms with E-state index >= 15 is 0 Å². The molecule has 3 N–H and O–H groups in total. The van der Waals surface area contributed by atoms with Crippen LogP contribution in [0.4, 0.5) is 13.2 Å². The van der Waals surface area contributed by atoms with Gasteiger partial charge in [-0.05, 0) is 49.9 Å². The van der Waals surface area contributed by atoms with Gasteiger partial charge in [0.05, 0.1) is 5.56 Å². The minimum Gasteiger partial charge on any atom is -0.344 e. The highest BCUT2D eigenvalue weighted by molar-refractivity contribution is 5.95. The normalized spacial score (nSPS) is 17.4. The van der Waals surface area contributed by atoms with Crippen molar-refractivity contribution in [2.24, 2.45) is 0 Å². The number of pyridine rings is 1. The van der Waals surface area contributed by atoms with E-state index in [1.807, 2.05) is 13.8 Å². The molecule has 2 heterocycles. The SMILES string of the molecule is Cc1nccc(C(=O)N2CCCC(c3ccccc3C(F)(F)F)C2)c1C.N. The van der Waals surface area contributed by atoms with Gasteiger partial charge in [-0.2, -0.15) is 13.2 Å². The zero-order valence-corrected chi connectivity index (χ0v) is 15.5. The molecular weight excluding hydrogens is 355 g/mol. The molecule has 1 aromatic carbocycles. The highest BCUT2D eigenvalue weighted by Gasteiger charge is 2.36. The summed E-state index contributed by atoms with van der Waals surface area (Å²) < 4.78 is 40.0. The molecule has 2 aromatic rings. The molecule has 1 unspecified atom stereocenters. The molecule has 4 nitrogen and oxygen atoms in total. The maximum absolute atomic E-state index is 13.3. The summed E-state index contributed by atoms with van der Waals surface area (Å²) in [4.78, 5) is 18.7. The number of carbonyl (C=O) groups is 1. The van der Waals surface area contributed by atoms with Gasteiger partial charge in [0, 0.05) is 36.5 Å². The van der Waals surface area contributed by atoms with Crippen LogP contribution in [0.15, 0.2) is 36.5 Å². The van der Waals surface area contributed by atoms with E-state index in [-0.39, 0.29) is 23.5 Å². The zero-order valence-electron chi connectivity index (χ0n) is 15.5. The number of aryl methyl sites for hydroxylation is 1. The van der Waals surface area contributed by atoms with E-state index in [0.717, 1.165) is 17.3 Å². The lowest BCUT2D eigenvalue weighted by Gasteiger charge is -2.34. The Morgan fingerprint density at radius 2 is 1.89 bits per heavy atom. The van der Waals surface area contributed by atoms with Crippen LogP contribution in [0.2, 0.25) is 0 Å². The Hall–Kier alpha value is -2.41.